The van der Waals surface area contributed by atoms with Crippen molar-refractivity contribution in [1.82, 2.24) is 4.31 Å². The number of benzene rings is 3. The van der Waals surface area contributed by atoms with E-state index < -0.39 is 21.7 Å². The summed E-state index contributed by atoms with van der Waals surface area (Å²) in [5.41, 5.74) is 2.55. The van der Waals surface area contributed by atoms with E-state index in [4.69, 9.17) is 0 Å². The smallest absolute Gasteiger partial charge is 0.258 e. The normalized spacial score (nSPS) is 14.6. The Balaban J connectivity index is 1.55. The molecule has 1 fully saturated rings. The van der Waals surface area contributed by atoms with E-state index in [1.165, 1.54) is 16.4 Å². The minimum atomic E-state index is -3.98. The fraction of sp³-hybridized carbons (Fsp3) is 0.296. The maximum atomic E-state index is 14.7. The van der Waals surface area contributed by atoms with Gasteiger partial charge < -0.3 is 10.2 Å². The zero-order valence-corrected chi connectivity index (χ0v) is 21.1. The number of amides is 1. The number of hydrogen-bond acceptors (Lipinski definition) is 4. The standard InChI is InChI=1S/C27H29F2N3O3S/c1-3-19-8-7-9-20(4-2)26(19)30-27(33)22-18-21(12-13-23(22)28)36(34,35)32-16-14-31(15-17-32)25-11-6-5-10-24(25)29/h5-13,18H,3-4,14-17H2,1-2H3,(H,30,33). The van der Waals surface area contributed by atoms with E-state index in [9.17, 15) is 22.0 Å². The molecule has 0 unspecified atom stereocenters. The van der Waals surface area contributed by atoms with Crippen molar-refractivity contribution >= 4 is 27.3 Å². The van der Waals surface area contributed by atoms with Gasteiger partial charge >= 0.3 is 0 Å². The molecule has 1 amide bonds. The van der Waals surface area contributed by atoms with Crippen LogP contribution in [-0.2, 0) is 22.9 Å². The lowest BCUT2D eigenvalue weighted by atomic mass is 10.0. The number of hydrogen-bond donors (Lipinski definition) is 1. The molecule has 1 aliphatic rings. The number of para-hydroxylation sites is 2. The van der Waals surface area contributed by atoms with Gasteiger partial charge in [0.05, 0.1) is 16.1 Å². The first kappa shape index (κ1) is 25.8. The van der Waals surface area contributed by atoms with Crippen LogP contribution in [0, 0.1) is 11.6 Å². The summed E-state index contributed by atoms with van der Waals surface area (Å²) in [4.78, 5) is 14.7. The first-order chi connectivity index (χ1) is 17.3. The number of nitrogens with zero attached hydrogens (tertiary/aromatic N) is 2. The van der Waals surface area contributed by atoms with Crippen molar-refractivity contribution in [2.24, 2.45) is 0 Å². The molecule has 1 heterocycles. The molecule has 190 valence electrons. The third kappa shape index (κ3) is 5.12. The largest absolute Gasteiger partial charge is 0.367 e. The molecule has 0 radical (unpaired) electrons. The maximum Gasteiger partial charge on any atom is 0.258 e. The van der Waals surface area contributed by atoms with Crippen LogP contribution in [0.1, 0.15) is 35.3 Å². The monoisotopic (exact) mass is 513 g/mol. The molecule has 1 aliphatic heterocycles. The Bertz CT molecular complexity index is 1350. The van der Waals surface area contributed by atoms with Gasteiger partial charge in [-0.3, -0.25) is 4.79 Å². The van der Waals surface area contributed by atoms with Gasteiger partial charge in [-0.15, -0.1) is 0 Å². The van der Waals surface area contributed by atoms with E-state index in [0.29, 0.717) is 37.3 Å². The zero-order valence-electron chi connectivity index (χ0n) is 20.3. The van der Waals surface area contributed by atoms with Crippen molar-refractivity contribution in [3.05, 3.63) is 89.0 Å². The third-order valence-corrected chi connectivity index (χ3v) is 8.38. The molecule has 36 heavy (non-hydrogen) atoms. The molecule has 6 nitrogen and oxygen atoms in total. The van der Waals surface area contributed by atoms with Gasteiger partial charge in [0, 0.05) is 31.9 Å². The van der Waals surface area contributed by atoms with Gasteiger partial charge in [0.25, 0.3) is 5.91 Å². The van der Waals surface area contributed by atoms with Gasteiger partial charge in [-0.25, -0.2) is 17.2 Å². The van der Waals surface area contributed by atoms with E-state index in [0.717, 1.165) is 23.3 Å². The highest BCUT2D eigenvalue weighted by molar-refractivity contribution is 7.89. The number of piperazine rings is 1. The molecule has 0 spiro atoms. The van der Waals surface area contributed by atoms with Crippen LogP contribution in [0.2, 0.25) is 0 Å². The third-order valence-electron chi connectivity index (χ3n) is 6.49. The Morgan fingerprint density at radius 2 is 1.50 bits per heavy atom. The van der Waals surface area contributed by atoms with Crippen LogP contribution in [0.25, 0.3) is 0 Å². The van der Waals surface area contributed by atoms with E-state index in [1.807, 2.05) is 32.0 Å². The number of sulfonamides is 1. The lowest BCUT2D eigenvalue weighted by molar-refractivity contribution is 0.102. The molecule has 4 rings (SSSR count). The van der Waals surface area contributed by atoms with Gasteiger partial charge in [0.2, 0.25) is 10.0 Å². The van der Waals surface area contributed by atoms with Crippen molar-refractivity contribution in [1.29, 1.82) is 0 Å². The van der Waals surface area contributed by atoms with Gasteiger partial charge in [0.15, 0.2) is 0 Å². The van der Waals surface area contributed by atoms with E-state index in [-0.39, 0.29) is 29.4 Å². The summed E-state index contributed by atoms with van der Waals surface area (Å²) < 4.78 is 56.7. The highest BCUT2D eigenvalue weighted by Gasteiger charge is 2.30. The molecule has 0 aliphatic carbocycles. The predicted octanol–water partition coefficient (Wildman–Crippen LogP) is 4.85. The molecule has 1 N–H and O–H groups in total. The average Bonchev–Trinajstić information content (AvgIpc) is 2.89. The Hall–Kier alpha value is -3.30. The van der Waals surface area contributed by atoms with Crippen LogP contribution < -0.4 is 10.2 Å². The lowest BCUT2D eigenvalue weighted by Crippen LogP contribution is -2.48. The fourth-order valence-electron chi connectivity index (χ4n) is 4.45. The van der Waals surface area contributed by atoms with Gasteiger partial charge in [-0.05, 0) is 54.3 Å². The topological polar surface area (TPSA) is 69.7 Å². The number of carbonyl (C=O) groups excluding carboxylic acids is 1. The quantitative estimate of drug-likeness (QED) is 0.490. The van der Waals surface area contributed by atoms with Gasteiger partial charge in [-0.1, -0.05) is 44.2 Å². The first-order valence-electron chi connectivity index (χ1n) is 12.0. The van der Waals surface area contributed by atoms with Crippen LogP contribution in [0.15, 0.2) is 65.6 Å². The van der Waals surface area contributed by atoms with Crippen LogP contribution in [0.4, 0.5) is 20.2 Å². The zero-order chi connectivity index (χ0) is 25.9. The fourth-order valence-corrected chi connectivity index (χ4v) is 5.90. The Morgan fingerprint density at radius 1 is 0.861 bits per heavy atom. The summed E-state index contributed by atoms with van der Waals surface area (Å²) in [7, 11) is -3.98. The SMILES string of the molecule is CCc1cccc(CC)c1NC(=O)c1cc(S(=O)(=O)N2CCN(c3ccccc3F)CC2)ccc1F. The van der Waals surface area contributed by atoms with Gasteiger partial charge in [0.1, 0.15) is 11.6 Å². The van der Waals surface area contributed by atoms with Crippen molar-refractivity contribution in [3.63, 3.8) is 0 Å². The first-order valence-corrected chi connectivity index (χ1v) is 13.4. The van der Waals surface area contributed by atoms with Crippen molar-refractivity contribution in [2.45, 2.75) is 31.6 Å². The van der Waals surface area contributed by atoms with E-state index >= 15 is 0 Å². The molecule has 0 aromatic heterocycles. The molecule has 3 aromatic carbocycles. The van der Waals surface area contributed by atoms with E-state index in [1.54, 1.807) is 23.1 Å². The highest BCUT2D eigenvalue weighted by Crippen LogP contribution is 2.27. The van der Waals surface area contributed by atoms with Crippen LogP contribution >= 0.6 is 0 Å². The highest BCUT2D eigenvalue weighted by atomic mass is 32.2. The summed E-state index contributed by atoms with van der Waals surface area (Å²) >= 11 is 0. The molecule has 1 saturated heterocycles. The van der Waals surface area contributed by atoms with Gasteiger partial charge in [-0.2, -0.15) is 4.31 Å². The number of halogens is 2. The molecule has 0 saturated carbocycles. The average molecular weight is 514 g/mol. The Morgan fingerprint density at radius 3 is 2.11 bits per heavy atom. The molecule has 0 atom stereocenters. The van der Waals surface area contributed by atoms with Crippen molar-refractivity contribution in [3.8, 4) is 0 Å². The number of rotatable bonds is 7. The van der Waals surface area contributed by atoms with E-state index in [2.05, 4.69) is 5.32 Å². The van der Waals surface area contributed by atoms with Crippen molar-refractivity contribution < 1.29 is 22.0 Å². The molecule has 9 heteroatoms. The molecular formula is C27H29F2N3O3S. The Labute approximate surface area is 210 Å². The second kappa shape index (κ2) is 10.8. The number of nitrogens with one attached hydrogen (secondary N) is 1. The van der Waals surface area contributed by atoms with Crippen LogP contribution in [0.5, 0.6) is 0 Å². The number of carbonyl (C=O) groups is 1. The van der Waals surface area contributed by atoms with Crippen LogP contribution in [-0.4, -0.2) is 44.8 Å². The summed E-state index contributed by atoms with van der Waals surface area (Å²) in [6.45, 7) is 4.82. The summed E-state index contributed by atoms with van der Waals surface area (Å²) in [5.74, 6) is -1.87. The Kier molecular flexibility index (Phi) is 7.70. The summed E-state index contributed by atoms with van der Waals surface area (Å²) in [6, 6.07) is 15.3. The summed E-state index contributed by atoms with van der Waals surface area (Å²) in [5, 5.41) is 2.80. The second-order valence-corrected chi connectivity index (χ2v) is 10.5. The minimum Gasteiger partial charge on any atom is -0.367 e. The van der Waals surface area contributed by atoms with Crippen LogP contribution in [0.3, 0.4) is 0 Å². The molecule has 0 bridgehead atoms. The van der Waals surface area contributed by atoms with Crippen molar-refractivity contribution in [2.75, 3.05) is 36.4 Å². The predicted molar refractivity (Wildman–Crippen MR) is 137 cm³/mol. The summed E-state index contributed by atoms with van der Waals surface area (Å²) in [6.07, 6.45) is 1.36. The number of anilines is 2. The number of aryl methyl sites for hydroxylation is 2. The maximum absolute atomic E-state index is 14.7. The molecular weight excluding hydrogens is 484 g/mol. The lowest BCUT2D eigenvalue weighted by Gasteiger charge is -2.35. The minimum absolute atomic E-state index is 0.138. The molecule has 3 aromatic rings. The second-order valence-electron chi connectivity index (χ2n) is 8.60.